The standard InChI is InChI=1S/C13H24Br2/c1-3-5-7-9-11-12(13(11,14)15)10-8-6-4-2/h11-12H,3-10H2,1-2H3/t11-,12+. The highest BCUT2D eigenvalue weighted by molar-refractivity contribution is 9.25. The number of hydrogen-bond donors (Lipinski definition) is 0. The molecule has 0 aromatic heterocycles. The average molecular weight is 340 g/mol. The van der Waals surface area contributed by atoms with Gasteiger partial charge in [-0.3, -0.25) is 0 Å². The predicted molar refractivity (Wildman–Crippen MR) is 75.8 cm³/mol. The van der Waals surface area contributed by atoms with Crippen LogP contribution in [0.2, 0.25) is 0 Å². The molecule has 90 valence electrons. The molecule has 0 radical (unpaired) electrons. The first-order chi connectivity index (χ1) is 7.14. The van der Waals surface area contributed by atoms with Crippen molar-refractivity contribution in [2.75, 3.05) is 0 Å². The Labute approximate surface area is 112 Å². The molecule has 1 rings (SSSR count). The third kappa shape index (κ3) is 4.03. The molecule has 0 unspecified atom stereocenters. The SMILES string of the molecule is CCCCC[C@@H]1[C@H](CCCCC)C1(Br)Br. The van der Waals surface area contributed by atoms with E-state index in [0.717, 1.165) is 11.8 Å². The molecule has 2 atom stereocenters. The van der Waals surface area contributed by atoms with E-state index >= 15 is 0 Å². The number of unbranched alkanes of at least 4 members (excludes halogenated alkanes) is 4. The van der Waals surface area contributed by atoms with E-state index in [1.54, 1.807) is 0 Å². The van der Waals surface area contributed by atoms with Gasteiger partial charge in [-0.25, -0.2) is 0 Å². The lowest BCUT2D eigenvalue weighted by molar-refractivity contribution is 0.540. The van der Waals surface area contributed by atoms with Gasteiger partial charge >= 0.3 is 0 Å². The van der Waals surface area contributed by atoms with Gasteiger partial charge in [0.2, 0.25) is 0 Å². The molecule has 0 aliphatic heterocycles. The number of hydrogen-bond acceptors (Lipinski definition) is 0. The van der Waals surface area contributed by atoms with Crippen molar-refractivity contribution in [3.05, 3.63) is 0 Å². The van der Waals surface area contributed by atoms with Crippen LogP contribution in [0.4, 0.5) is 0 Å². The van der Waals surface area contributed by atoms with Crippen LogP contribution in [-0.4, -0.2) is 3.23 Å². The maximum absolute atomic E-state index is 3.84. The van der Waals surface area contributed by atoms with E-state index in [0.29, 0.717) is 3.23 Å². The minimum absolute atomic E-state index is 0.307. The second-order valence-corrected chi connectivity index (χ2v) is 8.57. The Morgan fingerprint density at radius 2 is 1.20 bits per heavy atom. The molecule has 0 N–H and O–H groups in total. The summed E-state index contributed by atoms with van der Waals surface area (Å²) in [4.78, 5) is 0. The van der Waals surface area contributed by atoms with Crippen molar-refractivity contribution in [2.24, 2.45) is 11.8 Å². The Hall–Kier alpha value is 0.960. The molecular weight excluding hydrogens is 316 g/mol. The second-order valence-electron chi connectivity index (χ2n) is 4.88. The summed E-state index contributed by atoms with van der Waals surface area (Å²) in [7, 11) is 0. The fourth-order valence-electron chi connectivity index (χ4n) is 2.48. The lowest BCUT2D eigenvalue weighted by Crippen LogP contribution is -1.89. The smallest absolute Gasteiger partial charge is 0.0721 e. The van der Waals surface area contributed by atoms with Crippen molar-refractivity contribution < 1.29 is 0 Å². The molecule has 0 amide bonds. The molecule has 1 aliphatic rings. The molecular formula is C13H24Br2. The Bertz CT molecular complexity index is 159. The highest BCUT2D eigenvalue weighted by Gasteiger charge is 2.59. The van der Waals surface area contributed by atoms with Gasteiger partial charge in [0.25, 0.3) is 0 Å². The lowest BCUT2D eigenvalue weighted by Gasteiger charge is -1.98. The van der Waals surface area contributed by atoms with Crippen LogP contribution in [0.15, 0.2) is 0 Å². The fourth-order valence-corrected chi connectivity index (χ4v) is 4.40. The highest BCUT2D eigenvalue weighted by Crippen LogP contribution is 2.65. The zero-order valence-electron chi connectivity index (χ0n) is 10.1. The predicted octanol–water partition coefficient (Wildman–Crippen LogP) is 5.88. The Kier molecular flexibility index (Phi) is 6.20. The van der Waals surface area contributed by atoms with Crippen molar-refractivity contribution in [3.8, 4) is 0 Å². The van der Waals surface area contributed by atoms with Crippen molar-refractivity contribution in [1.29, 1.82) is 0 Å². The van der Waals surface area contributed by atoms with Gasteiger partial charge in [-0.05, 0) is 24.7 Å². The average Bonchev–Trinajstić information content (AvgIpc) is 2.70. The number of alkyl halides is 2. The van der Waals surface area contributed by atoms with E-state index in [4.69, 9.17) is 0 Å². The quantitative estimate of drug-likeness (QED) is 0.382. The first-order valence-electron chi connectivity index (χ1n) is 6.52. The third-order valence-corrected chi connectivity index (χ3v) is 5.95. The Morgan fingerprint density at radius 3 is 1.53 bits per heavy atom. The van der Waals surface area contributed by atoms with E-state index in [-0.39, 0.29) is 0 Å². The van der Waals surface area contributed by atoms with Crippen molar-refractivity contribution in [1.82, 2.24) is 0 Å². The third-order valence-electron chi connectivity index (χ3n) is 3.60. The van der Waals surface area contributed by atoms with E-state index in [9.17, 15) is 0 Å². The lowest BCUT2D eigenvalue weighted by atomic mass is 10.1. The monoisotopic (exact) mass is 338 g/mol. The summed E-state index contributed by atoms with van der Waals surface area (Å²) in [5.74, 6) is 1.78. The van der Waals surface area contributed by atoms with Crippen LogP contribution in [0.5, 0.6) is 0 Å². The van der Waals surface area contributed by atoms with Gasteiger partial charge in [0, 0.05) is 0 Å². The van der Waals surface area contributed by atoms with Gasteiger partial charge in [0.15, 0.2) is 0 Å². The summed E-state index contributed by atoms with van der Waals surface area (Å²) in [6.45, 7) is 4.56. The van der Waals surface area contributed by atoms with E-state index < -0.39 is 0 Å². The summed E-state index contributed by atoms with van der Waals surface area (Å²) in [6, 6.07) is 0. The molecule has 0 heterocycles. The maximum atomic E-state index is 3.84. The molecule has 1 fully saturated rings. The van der Waals surface area contributed by atoms with Crippen LogP contribution in [0.25, 0.3) is 0 Å². The zero-order valence-corrected chi connectivity index (χ0v) is 13.2. The van der Waals surface area contributed by atoms with Crippen LogP contribution in [0.1, 0.15) is 65.2 Å². The summed E-state index contributed by atoms with van der Waals surface area (Å²) in [5, 5.41) is 0. The van der Waals surface area contributed by atoms with Crippen LogP contribution in [0.3, 0.4) is 0 Å². The van der Waals surface area contributed by atoms with Gasteiger partial charge in [0.1, 0.15) is 0 Å². The minimum atomic E-state index is 0.307. The largest absolute Gasteiger partial charge is 0.0868 e. The first-order valence-corrected chi connectivity index (χ1v) is 8.11. The fraction of sp³-hybridized carbons (Fsp3) is 1.00. The molecule has 0 nitrogen and oxygen atoms in total. The Morgan fingerprint density at radius 1 is 0.800 bits per heavy atom. The Balaban J connectivity index is 2.16. The molecule has 0 spiro atoms. The molecule has 0 aromatic rings. The zero-order chi connectivity index (χ0) is 11.3. The molecule has 0 aromatic carbocycles. The van der Waals surface area contributed by atoms with Gasteiger partial charge in [-0.2, -0.15) is 0 Å². The van der Waals surface area contributed by atoms with Gasteiger partial charge in [0.05, 0.1) is 3.23 Å². The first kappa shape index (κ1) is 14.0. The van der Waals surface area contributed by atoms with Crippen LogP contribution in [-0.2, 0) is 0 Å². The summed E-state index contributed by atoms with van der Waals surface area (Å²) < 4.78 is 0.307. The number of rotatable bonds is 8. The molecule has 0 saturated heterocycles. The van der Waals surface area contributed by atoms with Crippen LogP contribution in [0, 0.1) is 11.8 Å². The van der Waals surface area contributed by atoms with Gasteiger partial charge in [-0.15, -0.1) is 0 Å². The van der Waals surface area contributed by atoms with Crippen molar-refractivity contribution >= 4 is 31.9 Å². The molecule has 15 heavy (non-hydrogen) atoms. The topological polar surface area (TPSA) is 0 Å². The van der Waals surface area contributed by atoms with Crippen LogP contribution >= 0.6 is 31.9 Å². The normalized spacial score (nSPS) is 28.0. The molecule has 1 aliphatic carbocycles. The van der Waals surface area contributed by atoms with E-state index in [1.807, 2.05) is 0 Å². The highest BCUT2D eigenvalue weighted by atomic mass is 79.9. The molecule has 0 bridgehead atoms. The van der Waals surface area contributed by atoms with E-state index in [1.165, 1.54) is 51.4 Å². The summed E-state index contributed by atoms with van der Waals surface area (Å²) >= 11 is 7.68. The maximum Gasteiger partial charge on any atom is 0.0868 e. The molecule has 2 heteroatoms. The number of halogens is 2. The summed E-state index contributed by atoms with van der Waals surface area (Å²) in [5.41, 5.74) is 0. The van der Waals surface area contributed by atoms with Crippen molar-refractivity contribution in [3.63, 3.8) is 0 Å². The second kappa shape index (κ2) is 6.64. The van der Waals surface area contributed by atoms with Crippen LogP contribution < -0.4 is 0 Å². The minimum Gasteiger partial charge on any atom is -0.0721 e. The summed E-state index contributed by atoms with van der Waals surface area (Å²) in [6.07, 6.45) is 11.1. The van der Waals surface area contributed by atoms with Gasteiger partial charge in [-0.1, -0.05) is 84.2 Å². The van der Waals surface area contributed by atoms with E-state index in [2.05, 4.69) is 45.7 Å². The van der Waals surface area contributed by atoms with Gasteiger partial charge < -0.3 is 0 Å². The molecule has 1 saturated carbocycles. The van der Waals surface area contributed by atoms with Crippen molar-refractivity contribution in [2.45, 2.75) is 68.4 Å².